The Kier molecular flexibility index (Phi) is 7.19. The molecule has 0 spiro atoms. The maximum Gasteiger partial charge on any atom is 0.409 e. The molecule has 2 aliphatic heterocycles. The van der Waals surface area contributed by atoms with Gasteiger partial charge in [0.2, 0.25) is 0 Å². The summed E-state index contributed by atoms with van der Waals surface area (Å²) in [6, 6.07) is 8.41. The van der Waals surface area contributed by atoms with Crippen LogP contribution in [-0.4, -0.2) is 66.8 Å². The Labute approximate surface area is 166 Å². The fraction of sp³-hybridized carbons (Fsp3) is 0.619. The van der Waals surface area contributed by atoms with Gasteiger partial charge >= 0.3 is 6.09 Å². The fourth-order valence-corrected chi connectivity index (χ4v) is 4.85. The zero-order valence-electron chi connectivity index (χ0n) is 16.4. The van der Waals surface area contributed by atoms with Crippen molar-refractivity contribution in [3.8, 4) is 0 Å². The molecule has 0 radical (unpaired) electrons. The molecule has 2 heterocycles. The average Bonchev–Trinajstić information content (AvgIpc) is 2.73. The van der Waals surface area contributed by atoms with E-state index in [2.05, 4.69) is 4.90 Å². The predicted octanol–water partition coefficient (Wildman–Crippen LogP) is 3.92. The maximum atomic E-state index is 13.1. The first-order valence-electron chi connectivity index (χ1n) is 9.97. The maximum absolute atomic E-state index is 13.1. The SMILES string of the molecule is CCOC(=O)N1CCC(N2CCCC(C(=O)c3ccccc3SC)C2)CC1. The summed E-state index contributed by atoms with van der Waals surface area (Å²) in [5, 5.41) is 0. The van der Waals surface area contributed by atoms with Crippen LogP contribution in [0.15, 0.2) is 29.2 Å². The largest absolute Gasteiger partial charge is 0.450 e. The van der Waals surface area contributed by atoms with Crippen LogP contribution in [0.5, 0.6) is 0 Å². The smallest absolute Gasteiger partial charge is 0.409 e. The van der Waals surface area contributed by atoms with E-state index in [0.717, 1.165) is 62.3 Å². The Morgan fingerprint density at radius 1 is 1.15 bits per heavy atom. The molecule has 5 nitrogen and oxygen atoms in total. The van der Waals surface area contributed by atoms with E-state index in [1.54, 1.807) is 16.7 Å². The summed E-state index contributed by atoms with van der Waals surface area (Å²) in [5.41, 5.74) is 0.869. The molecule has 1 amide bonds. The number of amides is 1. The molecule has 0 N–H and O–H groups in total. The zero-order valence-corrected chi connectivity index (χ0v) is 17.2. The molecule has 0 bridgehead atoms. The molecule has 27 heavy (non-hydrogen) atoms. The van der Waals surface area contributed by atoms with Gasteiger partial charge in [-0.25, -0.2) is 4.79 Å². The van der Waals surface area contributed by atoms with Gasteiger partial charge in [0.05, 0.1) is 6.61 Å². The normalized spacial score (nSPS) is 21.9. The number of thioether (sulfide) groups is 1. The Balaban J connectivity index is 1.58. The summed E-state index contributed by atoms with van der Waals surface area (Å²) in [7, 11) is 0. The Bertz CT molecular complexity index is 659. The highest BCUT2D eigenvalue weighted by atomic mass is 32.2. The lowest BCUT2D eigenvalue weighted by molar-refractivity contribution is 0.0531. The highest BCUT2D eigenvalue weighted by Gasteiger charge is 2.33. The Hall–Kier alpha value is -1.53. The van der Waals surface area contributed by atoms with Gasteiger partial charge in [-0.05, 0) is 51.5 Å². The zero-order chi connectivity index (χ0) is 19.2. The standard InChI is InChI=1S/C21H30N2O3S/c1-3-26-21(25)22-13-10-17(11-14-22)23-12-6-7-16(15-23)20(24)18-8-4-5-9-19(18)27-2/h4-5,8-9,16-17H,3,6-7,10-15H2,1-2H3. The van der Waals surface area contributed by atoms with Gasteiger partial charge in [-0.1, -0.05) is 18.2 Å². The number of hydrogen-bond acceptors (Lipinski definition) is 5. The summed E-state index contributed by atoms with van der Waals surface area (Å²) in [5.74, 6) is 0.365. The number of ketones is 1. The quantitative estimate of drug-likeness (QED) is 0.563. The highest BCUT2D eigenvalue weighted by molar-refractivity contribution is 7.98. The monoisotopic (exact) mass is 390 g/mol. The van der Waals surface area contributed by atoms with Gasteiger partial charge in [0.25, 0.3) is 0 Å². The van der Waals surface area contributed by atoms with E-state index < -0.39 is 0 Å². The number of rotatable bonds is 5. The fourth-order valence-electron chi connectivity index (χ4n) is 4.25. The van der Waals surface area contributed by atoms with Gasteiger partial charge in [0.1, 0.15) is 0 Å². The number of hydrogen-bond donors (Lipinski definition) is 0. The van der Waals surface area contributed by atoms with Gasteiger partial charge in [-0.15, -0.1) is 11.8 Å². The van der Waals surface area contributed by atoms with Crippen molar-refractivity contribution in [2.45, 2.75) is 43.5 Å². The average molecular weight is 391 g/mol. The number of ether oxygens (including phenoxy) is 1. The lowest BCUT2D eigenvalue weighted by Crippen LogP contribution is -2.50. The predicted molar refractivity (Wildman–Crippen MR) is 108 cm³/mol. The van der Waals surface area contributed by atoms with E-state index >= 15 is 0 Å². The van der Waals surface area contributed by atoms with E-state index in [-0.39, 0.29) is 17.8 Å². The van der Waals surface area contributed by atoms with Gasteiger partial charge in [-0.2, -0.15) is 0 Å². The highest BCUT2D eigenvalue weighted by Crippen LogP contribution is 2.29. The minimum absolute atomic E-state index is 0.0788. The van der Waals surface area contributed by atoms with E-state index in [1.165, 1.54) is 0 Å². The summed E-state index contributed by atoms with van der Waals surface area (Å²) >= 11 is 1.64. The van der Waals surface area contributed by atoms with Crippen molar-refractivity contribution in [2.24, 2.45) is 5.92 Å². The number of likely N-dealkylation sites (tertiary alicyclic amines) is 2. The first kappa shape index (κ1) is 20.2. The van der Waals surface area contributed by atoms with Crippen molar-refractivity contribution in [1.82, 2.24) is 9.80 Å². The van der Waals surface area contributed by atoms with Crippen molar-refractivity contribution in [2.75, 3.05) is 39.0 Å². The molecule has 148 valence electrons. The topological polar surface area (TPSA) is 49.9 Å². The summed E-state index contributed by atoms with van der Waals surface area (Å²) in [6.07, 6.45) is 5.78. The molecule has 1 unspecified atom stereocenters. The van der Waals surface area contributed by atoms with Gasteiger partial charge in [0, 0.05) is 42.1 Å². The lowest BCUT2D eigenvalue weighted by atomic mass is 9.88. The van der Waals surface area contributed by atoms with Crippen molar-refractivity contribution >= 4 is 23.6 Å². The molecule has 6 heteroatoms. The number of benzene rings is 1. The van der Waals surface area contributed by atoms with E-state index in [1.807, 2.05) is 37.4 Å². The molecule has 2 saturated heterocycles. The third kappa shape index (κ3) is 4.85. The van der Waals surface area contributed by atoms with Crippen LogP contribution in [0, 0.1) is 5.92 Å². The van der Waals surface area contributed by atoms with Crippen LogP contribution in [-0.2, 0) is 4.74 Å². The summed E-state index contributed by atoms with van der Waals surface area (Å²) in [4.78, 5) is 30.4. The van der Waals surface area contributed by atoms with Crippen LogP contribution in [0.3, 0.4) is 0 Å². The van der Waals surface area contributed by atoms with Gasteiger partial charge in [-0.3, -0.25) is 9.69 Å². The molecule has 2 fully saturated rings. The number of Topliss-reactive ketones (excluding diaryl/α,β-unsaturated/α-hetero) is 1. The summed E-state index contributed by atoms with van der Waals surface area (Å²) in [6.45, 7) is 5.64. The molecule has 3 rings (SSSR count). The minimum atomic E-state index is -0.198. The van der Waals surface area contributed by atoms with Crippen LogP contribution < -0.4 is 0 Å². The van der Waals surface area contributed by atoms with Crippen LogP contribution >= 0.6 is 11.8 Å². The molecule has 2 aliphatic rings. The van der Waals surface area contributed by atoms with Crippen molar-refractivity contribution in [1.29, 1.82) is 0 Å². The van der Waals surface area contributed by atoms with Crippen LogP contribution in [0.4, 0.5) is 4.79 Å². The van der Waals surface area contributed by atoms with Crippen molar-refractivity contribution in [3.63, 3.8) is 0 Å². The van der Waals surface area contributed by atoms with Crippen LogP contribution in [0.2, 0.25) is 0 Å². The minimum Gasteiger partial charge on any atom is -0.450 e. The first-order chi connectivity index (χ1) is 13.1. The first-order valence-corrected chi connectivity index (χ1v) is 11.2. The van der Waals surface area contributed by atoms with Crippen molar-refractivity contribution < 1.29 is 14.3 Å². The lowest BCUT2D eigenvalue weighted by Gasteiger charge is -2.41. The van der Waals surface area contributed by atoms with Crippen LogP contribution in [0.25, 0.3) is 0 Å². The molecule has 1 aromatic carbocycles. The number of carbonyl (C=O) groups excluding carboxylic acids is 2. The second-order valence-electron chi connectivity index (χ2n) is 7.32. The van der Waals surface area contributed by atoms with Crippen LogP contribution in [0.1, 0.15) is 43.0 Å². The number of piperidine rings is 2. The number of nitrogens with zero attached hydrogens (tertiary/aromatic N) is 2. The van der Waals surface area contributed by atoms with Crippen molar-refractivity contribution in [3.05, 3.63) is 29.8 Å². The van der Waals surface area contributed by atoms with E-state index in [0.29, 0.717) is 12.6 Å². The third-order valence-electron chi connectivity index (χ3n) is 5.70. The molecule has 1 aromatic rings. The molecule has 0 aromatic heterocycles. The van der Waals surface area contributed by atoms with E-state index in [4.69, 9.17) is 4.74 Å². The van der Waals surface area contributed by atoms with Gasteiger partial charge in [0.15, 0.2) is 5.78 Å². The molecular weight excluding hydrogens is 360 g/mol. The molecule has 0 saturated carbocycles. The molecular formula is C21H30N2O3S. The number of carbonyl (C=O) groups is 2. The summed E-state index contributed by atoms with van der Waals surface area (Å²) < 4.78 is 5.11. The third-order valence-corrected chi connectivity index (χ3v) is 6.50. The molecule has 1 atom stereocenters. The Morgan fingerprint density at radius 2 is 1.89 bits per heavy atom. The van der Waals surface area contributed by atoms with E-state index in [9.17, 15) is 9.59 Å². The molecule has 0 aliphatic carbocycles. The second-order valence-corrected chi connectivity index (χ2v) is 8.16. The second kappa shape index (κ2) is 9.60. The Morgan fingerprint density at radius 3 is 2.59 bits per heavy atom. The van der Waals surface area contributed by atoms with Gasteiger partial charge < -0.3 is 9.64 Å².